The van der Waals surface area contributed by atoms with Gasteiger partial charge in [0.25, 0.3) is 0 Å². The quantitative estimate of drug-likeness (QED) is 0.711. The summed E-state index contributed by atoms with van der Waals surface area (Å²) in [4.78, 5) is 10.1. The molecule has 0 heterocycles. The molecule has 1 unspecified atom stereocenters. The Morgan fingerprint density at radius 1 is 1.43 bits per heavy atom. The lowest BCUT2D eigenvalue weighted by molar-refractivity contribution is 0.112. The van der Waals surface area contributed by atoms with Crippen LogP contribution in [0, 0.1) is 0 Å². The highest BCUT2D eigenvalue weighted by Gasteiger charge is 1.93. The number of carbonyl (C=O) groups is 1. The Morgan fingerprint density at radius 3 is 2.21 bits per heavy atom. The van der Waals surface area contributed by atoms with Gasteiger partial charge in [0.1, 0.15) is 5.75 Å². The topological polar surface area (TPSA) is 57.5 Å². The molecule has 0 radical (unpaired) electrons. The fourth-order valence-corrected chi connectivity index (χ4v) is 0.587. The zero-order valence-electron chi connectivity index (χ0n) is 8.47. The number of aliphatic hydroxyl groups is 1. The Labute approximate surface area is 84.0 Å². The van der Waals surface area contributed by atoms with Crippen molar-refractivity contribution >= 4 is 6.29 Å². The van der Waals surface area contributed by atoms with Gasteiger partial charge in [0, 0.05) is 0 Å². The third-order valence-corrected chi connectivity index (χ3v) is 1.65. The van der Waals surface area contributed by atoms with Crippen LogP contribution >= 0.6 is 0 Å². The first kappa shape index (κ1) is 12.7. The van der Waals surface area contributed by atoms with Crippen LogP contribution in [0.15, 0.2) is 24.3 Å². The van der Waals surface area contributed by atoms with Crippen LogP contribution in [0.25, 0.3) is 0 Å². The number of benzene rings is 1. The highest BCUT2D eigenvalue weighted by atomic mass is 16.3. The molecule has 2 N–H and O–H groups in total. The standard InChI is InChI=1S/C7H6O2.C4H10O/c8-5-6-3-1-2-4-7(6)9;1-3-4(2)5/h1-5,9H;4-5H,3H2,1-2H3. The van der Waals surface area contributed by atoms with Crippen LogP contribution in [0.5, 0.6) is 5.75 Å². The molecule has 0 bridgehead atoms. The molecular weight excluding hydrogens is 180 g/mol. The van der Waals surface area contributed by atoms with Crippen LogP contribution in [-0.2, 0) is 0 Å². The molecule has 0 spiro atoms. The summed E-state index contributed by atoms with van der Waals surface area (Å²) in [6.07, 6.45) is 1.37. The molecule has 1 atom stereocenters. The smallest absolute Gasteiger partial charge is 0.153 e. The molecule has 0 aliphatic carbocycles. The van der Waals surface area contributed by atoms with Gasteiger partial charge < -0.3 is 10.2 Å². The fraction of sp³-hybridized carbons (Fsp3) is 0.364. The summed E-state index contributed by atoms with van der Waals surface area (Å²) in [5.74, 6) is 0.0347. The van der Waals surface area contributed by atoms with Gasteiger partial charge in [0.2, 0.25) is 0 Å². The molecule has 0 saturated carbocycles. The number of carbonyl (C=O) groups excluding carboxylic acids is 1. The highest BCUT2D eigenvalue weighted by molar-refractivity contribution is 5.78. The minimum absolute atomic E-state index is 0.0347. The van der Waals surface area contributed by atoms with E-state index in [4.69, 9.17) is 10.2 Å². The van der Waals surface area contributed by atoms with Gasteiger partial charge in [0.15, 0.2) is 6.29 Å². The molecule has 3 nitrogen and oxygen atoms in total. The summed E-state index contributed by atoms with van der Waals surface area (Å²) in [5, 5.41) is 17.2. The Hall–Kier alpha value is -1.35. The second-order valence-electron chi connectivity index (χ2n) is 2.93. The lowest BCUT2D eigenvalue weighted by atomic mass is 10.2. The Morgan fingerprint density at radius 2 is 1.93 bits per heavy atom. The molecule has 78 valence electrons. The van der Waals surface area contributed by atoms with E-state index < -0.39 is 0 Å². The van der Waals surface area contributed by atoms with Crippen molar-refractivity contribution in [2.75, 3.05) is 0 Å². The van der Waals surface area contributed by atoms with Gasteiger partial charge in [-0.2, -0.15) is 0 Å². The second kappa shape index (κ2) is 7.09. The number of aromatic hydroxyl groups is 1. The summed E-state index contributed by atoms with van der Waals surface area (Å²) in [6.45, 7) is 3.73. The number of hydrogen-bond donors (Lipinski definition) is 2. The van der Waals surface area contributed by atoms with Crippen molar-refractivity contribution < 1.29 is 15.0 Å². The van der Waals surface area contributed by atoms with Crippen LogP contribution in [0.2, 0.25) is 0 Å². The van der Waals surface area contributed by atoms with Gasteiger partial charge in [-0.1, -0.05) is 19.1 Å². The SMILES string of the molecule is CCC(C)O.O=Cc1ccccc1O. The zero-order chi connectivity index (χ0) is 11.0. The van der Waals surface area contributed by atoms with Gasteiger partial charge in [-0.3, -0.25) is 4.79 Å². The minimum atomic E-state index is -0.116. The Balaban J connectivity index is 0.000000292. The summed E-state index contributed by atoms with van der Waals surface area (Å²) in [6, 6.07) is 6.40. The number of phenols is 1. The molecule has 14 heavy (non-hydrogen) atoms. The van der Waals surface area contributed by atoms with Crippen molar-refractivity contribution in [1.82, 2.24) is 0 Å². The number of hydrogen-bond acceptors (Lipinski definition) is 3. The normalized spacial score (nSPS) is 11.1. The van der Waals surface area contributed by atoms with E-state index in [-0.39, 0.29) is 11.9 Å². The molecule has 0 saturated heterocycles. The number of phenolic OH excluding ortho intramolecular Hbond substituents is 1. The van der Waals surface area contributed by atoms with E-state index in [1.807, 2.05) is 6.92 Å². The molecule has 1 rings (SSSR count). The number of aliphatic hydroxyl groups excluding tert-OH is 1. The molecule has 0 aliphatic rings. The van der Waals surface area contributed by atoms with Gasteiger partial charge >= 0.3 is 0 Å². The Kier molecular flexibility index (Phi) is 6.41. The fourth-order valence-electron chi connectivity index (χ4n) is 0.587. The number of aldehydes is 1. The van der Waals surface area contributed by atoms with E-state index in [0.717, 1.165) is 6.42 Å². The summed E-state index contributed by atoms with van der Waals surface area (Å²) in [5.41, 5.74) is 0.331. The van der Waals surface area contributed by atoms with E-state index in [2.05, 4.69) is 0 Å². The number of rotatable bonds is 2. The van der Waals surface area contributed by atoms with Gasteiger partial charge in [0.05, 0.1) is 11.7 Å². The molecule has 0 amide bonds. The molecule has 1 aromatic rings. The number of para-hydroxylation sites is 1. The van der Waals surface area contributed by atoms with Crippen molar-refractivity contribution in [3.05, 3.63) is 29.8 Å². The average Bonchev–Trinajstić information content (AvgIpc) is 2.19. The third-order valence-electron chi connectivity index (χ3n) is 1.65. The van der Waals surface area contributed by atoms with Crippen LogP contribution in [0.1, 0.15) is 30.6 Å². The van der Waals surface area contributed by atoms with E-state index in [0.29, 0.717) is 11.8 Å². The lowest BCUT2D eigenvalue weighted by Crippen LogP contribution is -1.93. The van der Waals surface area contributed by atoms with E-state index in [1.165, 1.54) is 6.07 Å². The van der Waals surface area contributed by atoms with Crippen molar-refractivity contribution in [1.29, 1.82) is 0 Å². The van der Waals surface area contributed by atoms with E-state index in [1.54, 1.807) is 25.1 Å². The van der Waals surface area contributed by atoms with Crippen molar-refractivity contribution in [2.45, 2.75) is 26.4 Å². The minimum Gasteiger partial charge on any atom is -0.507 e. The lowest BCUT2D eigenvalue weighted by Gasteiger charge is -1.91. The van der Waals surface area contributed by atoms with Gasteiger partial charge in [-0.25, -0.2) is 0 Å². The molecular formula is C11H16O3. The van der Waals surface area contributed by atoms with E-state index in [9.17, 15) is 4.79 Å². The molecule has 0 fully saturated rings. The maximum absolute atomic E-state index is 10.1. The summed E-state index contributed by atoms with van der Waals surface area (Å²) in [7, 11) is 0. The Bertz CT molecular complexity index is 269. The first-order valence-electron chi connectivity index (χ1n) is 4.53. The summed E-state index contributed by atoms with van der Waals surface area (Å²) < 4.78 is 0. The maximum atomic E-state index is 10.1. The van der Waals surface area contributed by atoms with Gasteiger partial charge in [-0.15, -0.1) is 0 Å². The molecule has 3 heteroatoms. The van der Waals surface area contributed by atoms with Crippen LogP contribution < -0.4 is 0 Å². The van der Waals surface area contributed by atoms with Crippen LogP contribution in [0.3, 0.4) is 0 Å². The first-order chi connectivity index (χ1) is 6.61. The van der Waals surface area contributed by atoms with Crippen LogP contribution in [0.4, 0.5) is 0 Å². The summed E-state index contributed by atoms with van der Waals surface area (Å²) >= 11 is 0. The van der Waals surface area contributed by atoms with Crippen molar-refractivity contribution in [2.24, 2.45) is 0 Å². The van der Waals surface area contributed by atoms with Crippen molar-refractivity contribution in [3.63, 3.8) is 0 Å². The monoisotopic (exact) mass is 196 g/mol. The second-order valence-corrected chi connectivity index (χ2v) is 2.93. The molecule has 0 aromatic heterocycles. The largest absolute Gasteiger partial charge is 0.507 e. The predicted octanol–water partition coefficient (Wildman–Crippen LogP) is 1.98. The van der Waals surface area contributed by atoms with Crippen molar-refractivity contribution in [3.8, 4) is 5.75 Å². The molecule has 1 aromatic carbocycles. The van der Waals surface area contributed by atoms with Gasteiger partial charge in [-0.05, 0) is 25.5 Å². The highest BCUT2D eigenvalue weighted by Crippen LogP contribution is 2.11. The predicted molar refractivity (Wildman–Crippen MR) is 55.5 cm³/mol. The first-order valence-corrected chi connectivity index (χ1v) is 4.53. The molecule has 0 aliphatic heterocycles. The zero-order valence-corrected chi connectivity index (χ0v) is 8.47. The third kappa shape index (κ3) is 5.32. The van der Waals surface area contributed by atoms with Crippen LogP contribution in [-0.4, -0.2) is 22.6 Å². The maximum Gasteiger partial charge on any atom is 0.153 e. The van der Waals surface area contributed by atoms with E-state index >= 15 is 0 Å². The average molecular weight is 196 g/mol.